The van der Waals surface area contributed by atoms with Crippen molar-refractivity contribution in [2.75, 3.05) is 5.32 Å². The number of nitro benzene ring substituents is 1. The average molecular weight is 334 g/mol. The lowest BCUT2D eigenvalue weighted by atomic mass is 10.3. The van der Waals surface area contributed by atoms with Crippen molar-refractivity contribution in [2.24, 2.45) is 0 Å². The summed E-state index contributed by atoms with van der Waals surface area (Å²) in [5.41, 5.74) is 0.730. The number of thiazole rings is 1. The highest BCUT2D eigenvalue weighted by Gasteiger charge is 2.11. The van der Waals surface area contributed by atoms with Crippen molar-refractivity contribution in [3.8, 4) is 0 Å². The van der Waals surface area contributed by atoms with Crippen LogP contribution < -0.4 is 10.6 Å². The molecule has 3 aromatic rings. The summed E-state index contributed by atoms with van der Waals surface area (Å²) in [5, 5.41) is 17.7. The largest absolute Gasteiger partial charge is 0.467 e. The highest BCUT2D eigenvalue weighted by Crippen LogP contribution is 2.29. The highest BCUT2D eigenvalue weighted by atomic mass is 32.1. The summed E-state index contributed by atoms with van der Waals surface area (Å²) in [5.74, 6) is 0.768. The maximum atomic E-state index is 10.8. The summed E-state index contributed by atoms with van der Waals surface area (Å²) in [6.07, 6.45) is 1.59. The maximum Gasteiger partial charge on any atom is 0.270 e. The molecule has 22 heavy (non-hydrogen) atoms. The number of non-ortho nitro benzene ring substituents is 1. The number of aromatic nitrogens is 1. The molecule has 0 aliphatic carbocycles. The van der Waals surface area contributed by atoms with Gasteiger partial charge in [0.05, 0.1) is 27.9 Å². The summed E-state index contributed by atoms with van der Waals surface area (Å²) in [6, 6.07) is 8.19. The van der Waals surface area contributed by atoms with Gasteiger partial charge in [-0.05, 0) is 30.4 Å². The number of fused-ring (bicyclic) bond motifs is 1. The third-order valence-electron chi connectivity index (χ3n) is 2.81. The van der Waals surface area contributed by atoms with E-state index in [1.54, 1.807) is 18.4 Å². The van der Waals surface area contributed by atoms with Crippen molar-refractivity contribution < 1.29 is 9.34 Å². The van der Waals surface area contributed by atoms with E-state index in [1.807, 2.05) is 6.07 Å². The molecule has 1 aromatic carbocycles. The number of hydrogen-bond donors (Lipinski definition) is 2. The Morgan fingerprint density at radius 3 is 3.05 bits per heavy atom. The van der Waals surface area contributed by atoms with Gasteiger partial charge in [0.25, 0.3) is 5.69 Å². The van der Waals surface area contributed by atoms with Gasteiger partial charge in [0.1, 0.15) is 5.76 Å². The van der Waals surface area contributed by atoms with E-state index in [1.165, 1.54) is 23.5 Å². The Bertz CT molecular complexity index is 829. The van der Waals surface area contributed by atoms with Crippen LogP contribution in [0.15, 0.2) is 41.0 Å². The molecule has 2 N–H and O–H groups in total. The minimum Gasteiger partial charge on any atom is -0.467 e. The van der Waals surface area contributed by atoms with Crippen molar-refractivity contribution in [2.45, 2.75) is 6.54 Å². The van der Waals surface area contributed by atoms with Crippen LogP contribution in [0.25, 0.3) is 10.2 Å². The predicted molar refractivity (Wildman–Crippen MR) is 88.0 cm³/mol. The molecule has 7 nitrogen and oxygen atoms in total. The second-order valence-electron chi connectivity index (χ2n) is 4.32. The van der Waals surface area contributed by atoms with E-state index < -0.39 is 4.92 Å². The van der Waals surface area contributed by atoms with E-state index in [0.29, 0.717) is 22.3 Å². The SMILES string of the molecule is O=[N+]([O-])c1ccc2nc(NC(=S)NCc3ccco3)sc2c1. The number of nitro groups is 1. The van der Waals surface area contributed by atoms with Gasteiger partial charge in [-0.3, -0.25) is 10.1 Å². The molecule has 0 bridgehead atoms. The molecule has 0 radical (unpaired) electrons. The van der Waals surface area contributed by atoms with Crippen molar-refractivity contribution in [1.29, 1.82) is 0 Å². The molecule has 0 spiro atoms. The normalized spacial score (nSPS) is 10.5. The minimum atomic E-state index is -0.429. The van der Waals surface area contributed by atoms with Crippen LogP contribution in [0.5, 0.6) is 0 Å². The molecular weight excluding hydrogens is 324 g/mol. The van der Waals surface area contributed by atoms with Crippen LogP contribution in [-0.4, -0.2) is 15.0 Å². The summed E-state index contributed by atoms with van der Waals surface area (Å²) in [4.78, 5) is 14.7. The van der Waals surface area contributed by atoms with Crippen LogP contribution in [0.4, 0.5) is 10.8 Å². The molecule has 0 amide bonds. The van der Waals surface area contributed by atoms with Gasteiger partial charge in [-0.15, -0.1) is 0 Å². The van der Waals surface area contributed by atoms with Gasteiger partial charge in [0, 0.05) is 12.1 Å². The van der Waals surface area contributed by atoms with Gasteiger partial charge in [-0.1, -0.05) is 11.3 Å². The van der Waals surface area contributed by atoms with Crippen LogP contribution in [0.3, 0.4) is 0 Å². The molecule has 0 saturated carbocycles. The highest BCUT2D eigenvalue weighted by molar-refractivity contribution is 7.80. The van der Waals surface area contributed by atoms with E-state index in [4.69, 9.17) is 16.6 Å². The van der Waals surface area contributed by atoms with Crippen molar-refractivity contribution in [1.82, 2.24) is 10.3 Å². The lowest BCUT2D eigenvalue weighted by Gasteiger charge is -2.06. The number of nitrogens with one attached hydrogen (secondary N) is 2. The zero-order valence-electron chi connectivity index (χ0n) is 11.1. The molecule has 0 aliphatic rings. The Morgan fingerprint density at radius 2 is 2.32 bits per heavy atom. The number of benzene rings is 1. The number of furan rings is 1. The van der Waals surface area contributed by atoms with E-state index in [-0.39, 0.29) is 5.69 Å². The Balaban J connectivity index is 1.68. The standard InChI is InChI=1S/C13H10N4O3S2/c18-17(19)8-3-4-10-11(6-8)22-13(15-10)16-12(21)14-7-9-2-1-5-20-9/h1-6H,7H2,(H2,14,15,16,21). The Hall–Kier alpha value is -2.52. The van der Waals surface area contributed by atoms with E-state index in [0.717, 1.165) is 10.5 Å². The summed E-state index contributed by atoms with van der Waals surface area (Å²) >= 11 is 6.48. The Labute approximate surface area is 134 Å². The van der Waals surface area contributed by atoms with Crippen LogP contribution in [0.2, 0.25) is 0 Å². The number of rotatable bonds is 4. The average Bonchev–Trinajstić information content (AvgIpc) is 3.13. The summed E-state index contributed by atoms with van der Waals surface area (Å²) in [6.45, 7) is 0.467. The third kappa shape index (κ3) is 3.21. The fourth-order valence-electron chi connectivity index (χ4n) is 1.80. The van der Waals surface area contributed by atoms with Gasteiger partial charge < -0.3 is 15.1 Å². The topological polar surface area (TPSA) is 93.2 Å². The second kappa shape index (κ2) is 6.08. The first-order chi connectivity index (χ1) is 10.6. The van der Waals surface area contributed by atoms with E-state index in [2.05, 4.69) is 15.6 Å². The molecule has 2 aromatic heterocycles. The molecule has 2 heterocycles. The molecule has 112 valence electrons. The predicted octanol–water partition coefficient (Wildman–Crippen LogP) is 3.28. The number of thiocarbonyl (C=S) groups is 1. The van der Waals surface area contributed by atoms with Gasteiger partial charge >= 0.3 is 0 Å². The Kier molecular flexibility index (Phi) is 3.98. The van der Waals surface area contributed by atoms with E-state index >= 15 is 0 Å². The first-order valence-corrected chi connectivity index (χ1v) is 7.46. The fourth-order valence-corrected chi connectivity index (χ4v) is 2.94. The number of nitrogens with zero attached hydrogens (tertiary/aromatic N) is 2. The van der Waals surface area contributed by atoms with Crippen molar-refractivity contribution >= 4 is 49.7 Å². The Morgan fingerprint density at radius 1 is 1.45 bits per heavy atom. The first-order valence-electron chi connectivity index (χ1n) is 6.24. The smallest absolute Gasteiger partial charge is 0.270 e. The molecule has 0 unspecified atom stereocenters. The molecule has 0 aliphatic heterocycles. The maximum absolute atomic E-state index is 10.8. The van der Waals surface area contributed by atoms with Gasteiger partial charge in [-0.25, -0.2) is 4.98 Å². The van der Waals surface area contributed by atoms with Crippen molar-refractivity contribution in [3.63, 3.8) is 0 Å². The lowest BCUT2D eigenvalue weighted by molar-refractivity contribution is -0.384. The number of anilines is 1. The first kappa shape index (κ1) is 14.4. The summed E-state index contributed by atoms with van der Waals surface area (Å²) < 4.78 is 5.92. The van der Waals surface area contributed by atoms with E-state index in [9.17, 15) is 10.1 Å². The molecule has 0 fully saturated rings. The molecular formula is C13H10N4O3S2. The minimum absolute atomic E-state index is 0.0428. The van der Waals surface area contributed by atoms with Crippen LogP contribution >= 0.6 is 23.6 Å². The quantitative estimate of drug-likeness (QED) is 0.429. The van der Waals surface area contributed by atoms with Crippen LogP contribution in [0, 0.1) is 10.1 Å². The fraction of sp³-hybridized carbons (Fsp3) is 0.0769. The van der Waals surface area contributed by atoms with Crippen LogP contribution in [0.1, 0.15) is 5.76 Å². The zero-order valence-corrected chi connectivity index (χ0v) is 12.7. The van der Waals surface area contributed by atoms with Crippen LogP contribution in [-0.2, 0) is 6.54 Å². The van der Waals surface area contributed by atoms with Gasteiger partial charge in [0.2, 0.25) is 0 Å². The molecule has 0 atom stereocenters. The van der Waals surface area contributed by atoms with Gasteiger partial charge in [-0.2, -0.15) is 0 Å². The zero-order chi connectivity index (χ0) is 15.5. The monoisotopic (exact) mass is 334 g/mol. The summed E-state index contributed by atoms with van der Waals surface area (Å²) in [7, 11) is 0. The van der Waals surface area contributed by atoms with Gasteiger partial charge in [0.15, 0.2) is 10.2 Å². The lowest BCUT2D eigenvalue weighted by Crippen LogP contribution is -2.27. The molecule has 3 rings (SSSR count). The third-order valence-corrected chi connectivity index (χ3v) is 3.99. The molecule has 9 heteroatoms. The second-order valence-corrected chi connectivity index (χ2v) is 5.75. The molecule has 0 saturated heterocycles. The van der Waals surface area contributed by atoms with Crippen molar-refractivity contribution in [3.05, 3.63) is 52.5 Å². The number of hydrogen-bond acceptors (Lipinski definition) is 6.